The third-order valence-electron chi connectivity index (χ3n) is 5.85. The fraction of sp³-hybridized carbons (Fsp3) is 0.600. The van der Waals surface area contributed by atoms with Crippen molar-refractivity contribution in [3.05, 3.63) is 40.3 Å². The van der Waals surface area contributed by atoms with Crippen LogP contribution in [-0.2, 0) is 15.8 Å². The smallest absolute Gasteiger partial charge is 0.380 e. The van der Waals surface area contributed by atoms with Gasteiger partial charge in [-0.2, -0.15) is 13.2 Å². The van der Waals surface area contributed by atoms with Gasteiger partial charge in [-0.05, 0) is 49.3 Å². The molecule has 0 spiro atoms. The highest BCUT2D eigenvalue weighted by Crippen LogP contribution is 2.33. The highest BCUT2D eigenvalue weighted by molar-refractivity contribution is 5.92. The van der Waals surface area contributed by atoms with E-state index < -0.39 is 35.7 Å². The van der Waals surface area contributed by atoms with Crippen LogP contribution in [0.2, 0.25) is 0 Å². The van der Waals surface area contributed by atoms with Gasteiger partial charge in [-0.25, -0.2) is 0 Å². The first-order valence-corrected chi connectivity index (χ1v) is 9.97. The van der Waals surface area contributed by atoms with Crippen molar-refractivity contribution >= 4 is 11.8 Å². The fourth-order valence-corrected chi connectivity index (χ4v) is 4.06. The quantitative estimate of drug-likeness (QED) is 0.732. The fourth-order valence-electron chi connectivity index (χ4n) is 4.06. The van der Waals surface area contributed by atoms with Crippen LogP contribution in [0.25, 0.3) is 0 Å². The van der Waals surface area contributed by atoms with Crippen molar-refractivity contribution in [3.8, 4) is 0 Å². The van der Waals surface area contributed by atoms with Gasteiger partial charge < -0.3 is 14.9 Å². The monoisotopic (exact) mass is 427 g/mol. The molecule has 0 unspecified atom stereocenters. The summed E-state index contributed by atoms with van der Waals surface area (Å²) in [6, 6.07) is 3.28. The lowest BCUT2D eigenvalue weighted by molar-refractivity contribution is -0.147. The number of benzene rings is 1. The Morgan fingerprint density at radius 3 is 2.00 bits per heavy atom. The average molecular weight is 427 g/mol. The van der Waals surface area contributed by atoms with E-state index in [1.54, 1.807) is 0 Å². The Balaban J connectivity index is 1.58. The summed E-state index contributed by atoms with van der Waals surface area (Å²) in [5, 5.41) is 13.0. The van der Waals surface area contributed by atoms with E-state index in [1.807, 2.05) is 0 Å². The maximum atomic E-state index is 12.7. The Hall–Kier alpha value is -2.49. The van der Waals surface area contributed by atoms with Crippen molar-refractivity contribution in [2.45, 2.75) is 49.9 Å². The number of rotatable bonds is 5. The molecular weight excluding hydrogens is 403 g/mol. The third-order valence-corrected chi connectivity index (χ3v) is 5.85. The molecule has 1 aromatic rings. The number of aliphatic hydroxyl groups excluding tert-OH is 1. The van der Waals surface area contributed by atoms with E-state index >= 15 is 0 Å². The Bertz CT molecular complexity index is 770. The molecule has 0 bridgehead atoms. The summed E-state index contributed by atoms with van der Waals surface area (Å²) < 4.78 is 38.1. The maximum absolute atomic E-state index is 12.7. The molecule has 0 aliphatic carbocycles. The van der Waals surface area contributed by atoms with Gasteiger partial charge in [0.15, 0.2) is 6.10 Å². The number of carbonyl (C=O) groups excluding carboxylic acids is 2. The van der Waals surface area contributed by atoms with Crippen LogP contribution in [0.3, 0.4) is 0 Å². The molecule has 2 aliphatic heterocycles. The number of carbonyl (C=O) groups is 2. The van der Waals surface area contributed by atoms with Crippen molar-refractivity contribution in [1.29, 1.82) is 0 Å². The molecular formula is C20H24F3N3O4. The number of amides is 2. The maximum Gasteiger partial charge on any atom is 0.416 e. The van der Waals surface area contributed by atoms with E-state index in [4.69, 9.17) is 0 Å². The second-order valence-corrected chi connectivity index (χ2v) is 7.75. The van der Waals surface area contributed by atoms with Crippen molar-refractivity contribution < 1.29 is 27.9 Å². The molecule has 2 heterocycles. The van der Waals surface area contributed by atoms with E-state index in [2.05, 4.69) is 5.18 Å². The van der Waals surface area contributed by atoms with Crippen molar-refractivity contribution in [2.75, 3.05) is 26.2 Å². The van der Waals surface area contributed by atoms with Gasteiger partial charge in [0, 0.05) is 26.2 Å². The van der Waals surface area contributed by atoms with E-state index in [1.165, 1.54) is 21.9 Å². The van der Waals surface area contributed by atoms with Crippen LogP contribution in [0, 0.1) is 4.91 Å². The number of alkyl halides is 3. The van der Waals surface area contributed by atoms with Crippen LogP contribution in [0.4, 0.5) is 13.2 Å². The van der Waals surface area contributed by atoms with Crippen LogP contribution >= 0.6 is 0 Å². The van der Waals surface area contributed by atoms with Crippen LogP contribution in [-0.4, -0.2) is 65.0 Å². The highest BCUT2D eigenvalue weighted by Gasteiger charge is 2.40. The summed E-state index contributed by atoms with van der Waals surface area (Å²) in [5.74, 6) is -1.38. The Labute approximate surface area is 171 Å². The summed E-state index contributed by atoms with van der Waals surface area (Å²) >= 11 is 0. The first-order valence-electron chi connectivity index (χ1n) is 9.97. The lowest BCUT2D eigenvalue weighted by Crippen LogP contribution is -2.51. The van der Waals surface area contributed by atoms with E-state index in [0.717, 1.165) is 30.5 Å². The van der Waals surface area contributed by atoms with E-state index in [0.29, 0.717) is 25.9 Å². The van der Waals surface area contributed by atoms with Gasteiger partial charge in [-0.1, -0.05) is 17.3 Å². The predicted molar refractivity (Wildman–Crippen MR) is 101 cm³/mol. The van der Waals surface area contributed by atoms with Crippen molar-refractivity contribution in [3.63, 3.8) is 0 Å². The first kappa shape index (κ1) is 22.2. The summed E-state index contributed by atoms with van der Waals surface area (Å²) in [6.07, 6.45) is -3.58. The van der Waals surface area contributed by atoms with Crippen molar-refractivity contribution in [1.82, 2.24) is 9.80 Å². The summed E-state index contributed by atoms with van der Waals surface area (Å²) in [5.41, 5.74) is 0.0415. The van der Waals surface area contributed by atoms with Crippen LogP contribution in [0.5, 0.6) is 0 Å². The SMILES string of the molecule is O=N[C@@H](C(=O)N1CCC(c2ccc(C(F)(F)F)cc2)CC1)[C@@H](O)C(=O)N1CCCC1. The van der Waals surface area contributed by atoms with Gasteiger partial charge in [-0.15, -0.1) is 4.91 Å². The zero-order chi connectivity index (χ0) is 21.9. The molecule has 2 amide bonds. The molecule has 1 N–H and O–H groups in total. The van der Waals surface area contributed by atoms with Crippen molar-refractivity contribution in [2.24, 2.45) is 5.18 Å². The number of hydrogen-bond acceptors (Lipinski definition) is 5. The molecule has 2 fully saturated rings. The largest absolute Gasteiger partial charge is 0.416 e. The third kappa shape index (κ3) is 4.80. The van der Waals surface area contributed by atoms with Gasteiger partial charge >= 0.3 is 6.18 Å². The molecule has 2 saturated heterocycles. The first-order chi connectivity index (χ1) is 14.2. The molecule has 0 aromatic heterocycles. The number of likely N-dealkylation sites (tertiary alicyclic amines) is 2. The van der Waals surface area contributed by atoms with Gasteiger partial charge in [0.05, 0.1) is 5.56 Å². The molecule has 164 valence electrons. The lowest BCUT2D eigenvalue weighted by atomic mass is 9.88. The van der Waals surface area contributed by atoms with Crippen LogP contribution < -0.4 is 0 Å². The second kappa shape index (κ2) is 9.11. The number of hydrogen-bond donors (Lipinski definition) is 1. The second-order valence-electron chi connectivity index (χ2n) is 7.75. The molecule has 7 nitrogen and oxygen atoms in total. The van der Waals surface area contributed by atoms with Crippen LogP contribution in [0.1, 0.15) is 42.7 Å². The summed E-state index contributed by atoms with van der Waals surface area (Å²) in [6.45, 7) is 1.49. The molecule has 10 heteroatoms. The van der Waals surface area contributed by atoms with E-state index in [9.17, 15) is 32.8 Å². The lowest BCUT2D eigenvalue weighted by Gasteiger charge is -2.34. The zero-order valence-electron chi connectivity index (χ0n) is 16.3. The topological polar surface area (TPSA) is 90.3 Å². The minimum atomic E-state index is -4.39. The zero-order valence-corrected chi connectivity index (χ0v) is 16.3. The van der Waals surface area contributed by atoms with Gasteiger partial charge in [0.2, 0.25) is 6.04 Å². The number of nitrogens with zero attached hydrogens (tertiary/aromatic N) is 3. The minimum Gasteiger partial charge on any atom is -0.380 e. The molecule has 2 atom stereocenters. The Morgan fingerprint density at radius 1 is 0.967 bits per heavy atom. The molecule has 2 aliphatic rings. The summed E-state index contributed by atoms with van der Waals surface area (Å²) in [7, 11) is 0. The molecule has 0 radical (unpaired) electrons. The summed E-state index contributed by atoms with van der Waals surface area (Å²) in [4.78, 5) is 39.0. The number of aliphatic hydroxyl groups is 1. The number of nitroso groups, excluding NO2 is 1. The normalized spacial score (nSPS) is 20.1. The van der Waals surface area contributed by atoms with Crippen LogP contribution in [0.15, 0.2) is 29.4 Å². The molecule has 3 rings (SSSR count). The van der Waals surface area contributed by atoms with E-state index in [-0.39, 0.29) is 19.0 Å². The Morgan fingerprint density at radius 2 is 1.50 bits per heavy atom. The predicted octanol–water partition coefficient (Wildman–Crippen LogP) is 2.53. The van der Waals surface area contributed by atoms with Gasteiger partial charge in [0.1, 0.15) is 0 Å². The highest BCUT2D eigenvalue weighted by atomic mass is 19.4. The molecule has 0 saturated carbocycles. The standard InChI is InChI=1S/C20H24F3N3O4/c21-20(22,23)15-5-3-13(4-6-15)14-7-11-26(12-8-14)18(28)16(24-30)17(27)19(29)25-9-1-2-10-25/h3-6,14,16-17,27H,1-2,7-12H2/t16-,17-/m1/s1. The molecule has 30 heavy (non-hydrogen) atoms. The Kier molecular flexibility index (Phi) is 6.74. The number of halogens is 3. The van der Waals surface area contributed by atoms with Gasteiger partial charge in [-0.3, -0.25) is 9.59 Å². The van der Waals surface area contributed by atoms with Gasteiger partial charge in [0.25, 0.3) is 11.8 Å². The number of piperidine rings is 1. The minimum absolute atomic E-state index is 0.0184. The molecule has 1 aromatic carbocycles. The average Bonchev–Trinajstić information content (AvgIpc) is 3.28.